The van der Waals surface area contributed by atoms with Crippen LogP contribution in [0.5, 0.6) is 5.75 Å². The number of fused-ring (bicyclic) bond motifs is 1. The van der Waals surface area contributed by atoms with Gasteiger partial charge in [-0.1, -0.05) is 18.2 Å². The Morgan fingerprint density at radius 1 is 1.36 bits per heavy atom. The highest BCUT2D eigenvalue weighted by Crippen LogP contribution is 2.25. The van der Waals surface area contributed by atoms with Gasteiger partial charge in [0, 0.05) is 43.9 Å². The van der Waals surface area contributed by atoms with Crippen LogP contribution in [-0.4, -0.2) is 35.3 Å². The van der Waals surface area contributed by atoms with E-state index in [1.165, 1.54) is 10.9 Å². The first-order valence-corrected chi connectivity index (χ1v) is 9.30. The van der Waals surface area contributed by atoms with Gasteiger partial charge in [0.2, 0.25) is 0 Å². The van der Waals surface area contributed by atoms with Gasteiger partial charge in [0.15, 0.2) is 0 Å². The standard InChI is InChI=1S/C21H22N4O3/c1-24-20(26)11-18(13-23-24)25-8-6-15(14-25)12-22-21(27)17-7-9-28-19-5-3-2-4-16(19)10-17/h2-5,7,9-11,13,15H,6,8,12,14H2,1H3,(H,22,27). The topological polar surface area (TPSA) is 76.5 Å². The van der Waals surface area contributed by atoms with Crippen molar-refractivity contribution in [2.24, 2.45) is 13.0 Å². The zero-order valence-electron chi connectivity index (χ0n) is 15.7. The fraction of sp³-hybridized carbons (Fsp3) is 0.286. The van der Waals surface area contributed by atoms with Crippen molar-refractivity contribution in [1.29, 1.82) is 0 Å². The number of nitrogens with one attached hydrogen (secondary N) is 1. The van der Waals surface area contributed by atoms with E-state index in [1.54, 1.807) is 25.4 Å². The third kappa shape index (κ3) is 3.83. The molecule has 2 aliphatic heterocycles. The number of anilines is 1. The van der Waals surface area contributed by atoms with Gasteiger partial charge < -0.3 is 15.0 Å². The largest absolute Gasteiger partial charge is 0.464 e. The normalized spacial score (nSPS) is 18.1. The van der Waals surface area contributed by atoms with Gasteiger partial charge in [-0.25, -0.2) is 4.68 Å². The van der Waals surface area contributed by atoms with Crippen LogP contribution in [0.25, 0.3) is 6.08 Å². The average molecular weight is 378 g/mol. The molecule has 1 saturated heterocycles. The molecule has 1 aromatic carbocycles. The number of carbonyl (C=O) groups excluding carboxylic acids is 1. The fourth-order valence-electron chi connectivity index (χ4n) is 3.45. The maximum absolute atomic E-state index is 12.6. The van der Waals surface area contributed by atoms with Crippen LogP contribution < -0.4 is 20.5 Å². The Morgan fingerprint density at radius 2 is 2.21 bits per heavy atom. The van der Waals surface area contributed by atoms with Crippen molar-refractivity contribution in [3.63, 3.8) is 0 Å². The van der Waals surface area contributed by atoms with E-state index in [1.807, 2.05) is 30.3 Å². The molecule has 0 saturated carbocycles. The van der Waals surface area contributed by atoms with Crippen LogP contribution in [-0.2, 0) is 11.8 Å². The Kier molecular flexibility index (Phi) is 4.97. The van der Waals surface area contributed by atoms with Crippen LogP contribution in [0.2, 0.25) is 0 Å². The lowest BCUT2D eigenvalue weighted by Crippen LogP contribution is -2.32. The minimum Gasteiger partial charge on any atom is -0.464 e. The minimum atomic E-state index is -0.121. The molecule has 1 N–H and O–H groups in total. The maximum Gasteiger partial charge on any atom is 0.268 e. The first-order chi connectivity index (χ1) is 13.6. The van der Waals surface area contributed by atoms with Crippen LogP contribution in [0.3, 0.4) is 0 Å². The van der Waals surface area contributed by atoms with E-state index < -0.39 is 0 Å². The van der Waals surface area contributed by atoms with Crippen LogP contribution >= 0.6 is 0 Å². The molecule has 0 radical (unpaired) electrons. The highest BCUT2D eigenvalue weighted by Gasteiger charge is 2.24. The van der Waals surface area contributed by atoms with Crippen molar-refractivity contribution < 1.29 is 9.53 Å². The van der Waals surface area contributed by atoms with Crippen LogP contribution in [0.1, 0.15) is 12.0 Å². The number of aryl methyl sites for hydroxylation is 1. The van der Waals surface area contributed by atoms with E-state index in [2.05, 4.69) is 15.3 Å². The molecule has 7 nitrogen and oxygen atoms in total. The lowest BCUT2D eigenvalue weighted by molar-refractivity contribution is -0.117. The van der Waals surface area contributed by atoms with E-state index in [4.69, 9.17) is 4.74 Å². The van der Waals surface area contributed by atoms with Crippen LogP contribution in [0.4, 0.5) is 5.69 Å². The molecule has 1 amide bonds. The van der Waals surface area contributed by atoms with E-state index in [-0.39, 0.29) is 11.5 Å². The van der Waals surface area contributed by atoms with Gasteiger partial charge >= 0.3 is 0 Å². The third-order valence-corrected chi connectivity index (χ3v) is 5.09. The summed E-state index contributed by atoms with van der Waals surface area (Å²) in [6, 6.07) is 9.21. The summed E-state index contributed by atoms with van der Waals surface area (Å²) in [6.45, 7) is 2.22. The Labute approximate surface area is 162 Å². The highest BCUT2D eigenvalue weighted by molar-refractivity contribution is 6.01. The van der Waals surface area contributed by atoms with Gasteiger partial charge in [-0.15, -0.1) is 0 Å². The number of para-hydroxylation sites is 1. The van der Waals surface area contributed by atoms with Gasteiger partial charge in [0.05, 0.1) is 18.1 Å². The Hall–Kier alpha value is -3.35. The van der Waals surface area contributed by atoms with E-state index in [0.717, 1.165) is 36.5 Å². The second-order valence-electron chi connectivity index (χ2n) is 7.04. The van der Waals surface area contributed by atoms with Crippen LogP contribution in [0, 0.1) is 5.92 Å². The first kappa shape index (κ1) is 18.0. The number of rotatable bonds is 4. The summed E-state index contributed by atoms with van der Waals surface area (Å²) in [5, 5.41) is 7.10. The summed E-state index contributed by atoms with van der Waals surface area (Å²) in [5.74, 6) is 0.938. The predicted molar refractivity (Wildman–Crippen MR) is 107 cm³/mol. The molecule has 0 spiro atoms. The third-order valence-electron chi connectivity index (χ3n) is 5.09. The highest BCUT2D eigenvalue weighted by atomic mass is 16.5. The molecule has 2 aromatic rings. The molecule has 2 aliphatic rings. The van der Waals surface area contributed by atoms with Gasteiger partial charge in [0.1, 0.15) is 5.75 Å². The molecular weight excluding hydrogens is 356 g/mol. The Bertz CT molecular complexity index is 1010. The predicted octanol–water partition coefficient (Wildman–Crippen LogP) is 1.71. The number of carbonyl (C=O) groups is 1. The number of hydrogen-bond donors (Lipinski definition) is 1. The molecule has 7 heteroatoms. The molecule has 0 bridgehead atoms. The smallest absolute Gasteiger partial charge is 0.268 e. The van der Waals surface area contributed by atoms with E-state index in [9.17, 15) is 9.59 Å². The van der Waals surface area contributed by atoms with Gasteiger partial charge in [-0.3, -0.25) is 9.59 Å². The molecule has 1 aromatic heterocycles. The number of ether oxygens (including phenoxy) is 1. The quantitative estimate of drug-likeness (QED) is 0.877. The zero-order chi connectivity index (χ0) is 19.5. The molecule has 4 rings (SSSR count). The van der Waals surface area contributed by atoms with E-state index in [0.29, 0.717) is 18.0 Å². The summed E-state index contributed by atoms with van der Waals surface area (Å²) in [6.07, 6.45) is 7.72. The maximum atomic E-state index is 12.6. The van der Waals surface area contributed by atoms with Crippen molar-refractivity contribution >= 4 is 17.7 Å². The van der Waals surface area contributed by atoms with Crippen molar-refractivity contribution in [1.82, 2.24) is 15.1 Å². The summed E-state index contributed by atoms with van der Waals surface area (Å²) < 4.78 is 6.85. The average Bonchev–Trinajstić information content (AvgIpc) is 3.06. The Morgan fingerprint density at radius 3 is 3.07 bits per heavy atom. The van der Waals surface area contributed by atoms with Crippen molar-refractivity contribution in [2.75, 3.05) is 24.5 Å². The summed E-state index contributed by atoms with van der Waals surface area (Å²) in [7, 11) is 1.63. The second kappa shape index (κ2) is 7.72. The zero-order valence-corrected chi connectivity index (χ0v) is 15.7. The molecule has 1 atom stereocenters. The second-order valence-corrected chi connectivity index (χ2v) is 7.04. The molecule has 0 aliphatic carbocycles. The van der Waals surface area contributed by atoms with Crippen molar-refractivity contribution in [2.45, 2.75) is 6.42 Å². The number of nitrogens with zero attached hydrogens (tertiary/aromatic N) is 3. The molecule has 1 fully saturated rings. The van der Waals surface area contributed by atoms with Gasteiger partial charge in [-0.2, -0.15) is 5.10 Å². The van der Waals surface area contributed by atoms with E-state index >= 15 is 0 Å². The molecule has 1 unspecified atom stereocenters. The summed E-state index contributed by atoms with van der Waals surface area (Å²) in [4.78, 5) is 26.5. The van der Waals surface area contributed by atoms with Gasteiger partial charge in [-0.05, 0) is 30.6 Å². The van der Waals surface area contributed by atoms with Crippen LogP contribution in [0.15, 0.2) is 59.2 Å². The summed E-state index contributed by atoms with van der Waals surface area (Å²) in [5.41, 5.74) is 2.15. The van der Waals surface area contributed by atoms with Crippen molar-refractivity contribution in [3.05, 3.63) is 70.4 Å². The molecule has 3 heterocycles. The number of amides is 1. The Balaban J connectivity index is 1.36. The number of benzene rings is 1. The number of hydrogen-bond acceptors (Lipinski definition) is 5. The number of aromatic nitrogens is 2. The van der Waals surface area contributed by atoms with Gasteiger partial charge in [0.25, 0.3) is 11.5 Å². The molecule has 28 heavy (non-hydrogen) atoms. The lowest BCUT2D eigenvalue weighted by Gasteiger charge is -2.18. The SMILES string of the molecule is Cn1ncc(N2CCC(CNC(=O)C3=Cc4ccccc4OC=C3)C2)cc1=O. The summed E-state index contributed by atoms with van der Waals surface area (Å²) >= 11 is 0. The monoisotopic (exact) mass is 378 g/mol. The first-order valence-electron chi connectivity index (χ1n) is 9.30. The van der Waals surface area contributed by atoms with Crippen molar-refractivity contribution in [3.8, 4) is 5.75 Å². The fourth-order valence-corrected chi connectivity index (χ4v) is 3.45. The lowest BCUT2D eigenvalue weighted by atomic mass is 10.1. The minimum absolute atomic E-state index is 0.120. The molecular formula is C21H22N4O3. The molecule has 144 valence electrons.